The van der Waals surface area contributed by atoms with Gasteiger partial charge in [-0.25, -0.2) is 0 Å². The lowest BCUT2D eigenvalue weighted by atomic mass is 10.1. The summed E-state index contributed by atoms with van der Waals surface area (Å²) in [6.45, 7) is -2.86. The first kappa shape index (κ1) is 15.3. The van der Waals surface area contributed by atoms with Crippen molar-refractivity contribution in [2.45, 2.75) is 17.9 Å². The second-order valence-corrected chi connectivity index (χ2v) is 4.81. The molecule has 3 nitrogen and oxygen atoms in total. The fraction of sp³-hybridized carbons (Fsp3) is 0.133. The van der Waals surface area contributed by atoms with Crippen molar-refractivity contribution in [1.82, 2.24) is 0 Å². The van der Waals surface area contributed by atoms with E-state index in [-0.39, 0.29) is 18.1 Å². The summed E-state index contributed by atoms with van der Waals surface area (Å²) in [5.74, 6) is -0.142. The van der Waals surface area contributed by atoms with Crippen molar-refractivity contribution in [3.05, 3.63) is 54.1 Å². The van der Waals surface area contributed by atoms with Crippen molar-refractivity contribution in [1.29, 1.82) is 0 Å². The van der Waals surface area contributed by atoms with Gasteiger partial charge in [-0.3, -0.25) is 4.79 Å². The van der Waals surface area contributed by atoms with Gasteiger partial charge < -0.3 is 10.1 Å². The molecule has 2 aromatic carbocycles. The predicted octanol–water partition coefficient (Wildman–Crippen LogP) is 3.76. The number of alkyl halides is 2. The summed E-state index contributed by atoms with van der Waals surface area (Å²) in [5, 5.41) is 2.68. The first-order valence-electron chi connectivity index (χ1n) is 6.15. The standard InChI is InChI=1S/C15H13F2NO2S/c16-15(17)20-12-5-3-11(4-6-12)18-14(19)9-10-1-7-13(21)8-2-10/h1-8,15,21H,9H2,(H,18,19). The molecular weight excluding hydrogens is 296 g/mol. The highest BCUT2D eigenvalue weighted by molar-refractivity contribution is 7.80. The van der Waals surface area contributed by atoms with Crippen molar-refractivity contribution >= 4 is 24.2 Å². The molecule has 1 N–H and O–H groups in total. The molecule has 0 heterocycles. The molecule has 2 rings (SSSR count). The summed E-state index contributed by atoms with van der Waals surface area (Å²) in [6, 6.07) is 13.0. The minimum Gasteiger partial charge on any atom is -0.435 e. The fourth-order valence-electron chi connectivity index (χ4n) is 1.72. The number of anilines is 1. The van der Waals surface area contributed by atoms with Gasteiger partial charge in [0.05, 0.1) is 6.42 Å². The van der Waals surface area contributed by atoms with E-state index in [0.29, 0.717) is 5.69 Å². The van der Waals surface area contributed by atoms with Crippen LogP contribution >= 0.6 is 12.6 Å². The van der Waals surface area contributed by atoms with E-state index in [0.717, 1.165) is 10.5 Å². The lowest BCUT2D eigenvalue weighted by Crippen LogP contribution is -2.14. The zero-order chi connectivity index (χ0) is 15.2. The summed E-state index contributed by atoms with van der Waals surface area (Å²) >= 11 is 4.17. The number of thiol groups is 1. The van der Waals surface area contributed by atoms with Crippen molar-refractivity contribution in [2.75, 3.05) is 5.32 Å². The van der Waals surface area contributed by atoms with Crippen LogP contribution < -0.4 is 10.1 Å². The third-order valence-electron chi connectivity index (χ3n) is 2.66. The van der Waals surface area contributed by atoms with Gasteiger partial charge in [0.15, 0.2) is 0 Å². The predicted molar refractivity (Wildman–Crippen MR) is 79.1 cm³/mol. The Balaban J connectivity index is 1.91. The third kappa shape index (κ3) is 5.07. The van der Waals surface area contributed by atoms with Gasteiger partial charge in [0.1, 0.15) is 5.75 Å². The van der Waals surface area contributed by atoms with Crippen LogP contribution in [0.25, 0.3) is 0 Å². The smallest absolute Gasteiger partial charge is 0.387 e. The lowest BCUT2D eigenvalue weighted by Gasteiger charge is -2.07. The Morgan fingerprint density at radius 2 is 1.71 bits per heavy atom. The van der Waals surface area contributed by atoms with Gasteiger partial charge in [-0.2, -0.15) is 8.78 Å². The van der Waals surface area contributed by atoms with E-state index in [9.17, 15) is 13.6 Å². The lowest BCUT2D eigenvalue weighted by molar-refractivity contribution is -0.115. The van der Waals surface area contributed by atoms with Gasteiger partial charge in [-0.05, 0) is 42.0 Å². The minimum atomic E-state index is -2.86. The quantitative estimate of drug-likeness (QED) is 0.825. The average Bonchev–Trinajstić information content (AvgIpc) is 2.43. The Morgan fingerprint density at radius 3 is 2.29 bits per heavy atom. The van der Waals surface area contributed by atoms with Gasteiger partial charge in [-0.1, -0.05) is 12.1 Å². The van der Waals surface area contributed by atoms with Crippen LogP contribution in [0.3, 0.4) is 0 Å². The SMILES string of the molecule is O=C(Cc1ccc(S)cc1)Nc1ccc(OC(F)F)cc1. The molecule has 2 aromatic rings. The van der Waals surface area contributed by atoms with Crippen LogP contribution in [0, 0.1) is 0 Å². The fourth-order valence-corrected chi connectivity index (χ4v) is 1.87. The van der Waals surface area contributed by atoms with E-state index in [4.69, 9.17) is 0 Å². The highest BCUT2D eigenvalue weighted by Crippen LogP contribution is 2.18. The summed E-state index contributed by atoms with van der Waals surface area (Å²) in [6.07, 6.45) is 0.226. The molecule has 0 radical (unpaired) electrons. The van der Waals surface area contributed by atoms with Crippen molar-refractivity contribution in [3.63, 3.8) is 0 Å². The number of benzene rings is 2. The molecule has 6 heteroatoms. The number of carbonyl (C=O) groups excluding carboxylic acids is 1. The highest BCUT2D eigenvalue weighted by Gasteiger charge is 2.06. The van der Waals surface area contributed by atoms with Gasteiger partial charge in [0, 0.05) is 10.6 Å². The second kappa shape index (κ2) is 7.08. The molecule has 0 aliphatic heterocycles. The molecule has 110 valence electrons. The molecule has 0 saturated carbocycles. The van der Waals surface area contributed by atoms with E-state index in [1.807, 2.05) is 24.3 Å². The summed E-state index contributed by atoms with van der Waals surface area (Å²) < 4.78 is 28.2. The van der Waals surface area contributed by atoms with Gasteiger partial charge in [-0.15, -0.1) is 12.6 Å². The first-order chi connectivity index (χ1) is 10.0. The largest absolute Gasteiger partial charge is 0.435 e. The number of nitrogens with one attached hydrogen (secondary N) is 1. The molecular formula is C15H13F2NO2S. The van der Waals surface area contributed by atoms with E-state index in [1.54, 1.807) is 0 Å². The minimum absolute atomic E-state index is 0.0485. The molecule has 0 unspecified atom stereocenters. The van der Waals surface area contributed by atoms with Crippen molar-refractivity contribution in [3.8, 4) is 5.75 Å². The zero-order valence-corrected chi connectivity index (χ0v) is 11.8. The Morgan fingerprint density at radius 1 is 1.10 bits per heavy atom. The van der Waals surface area contributed by atoms with E-state index in [1.165, 1.54) is 24.3 Å². The molecule has 0 aromatic heterocycles. The number of halogens is 2. The van der Waals surface area contributed by atoms with Crippen LogP contribution in [0.5, 0.6) is 5.75 Å². The molecule has 0 spiro atoms. The number of hydrogen-bond acceptors (Lipinski definition) is 3. The molecule has 0 aliphatic rings. The number of hydrogen-bond donors (Lipinski definition) is 2. The monoisotopic (exact) mass is 309 g/mol. The molecule has 0 bridgehead atoms. The maximum absolute atomic E-state index is 12.0. The molecule has 1 amide bonds. The van der Waals surface area contributed by atoms with Gasteiger partial charge in [0.25, 0.3) is 0 Å². The Bertz CT molecular complexity index is 600. The molecule has 0 fully saturated rings. The van der Waals surface area contributed by atoms with E-state index >= 15 is 0 Å². The molecule has 0 atom stereocenters. The number of rotatable bonds is 5. The maximum atomic E-state index is 12.0. The first-order valence-corrected chi connectivity index (χ1v) is 6.60. The zero-order valence-electron chi connectivity index (χ0n) is 10.9. The normalized spacial score (nSPS) is 10.5. The summed E-state index contributed by atoms with van der Waals surface area (Å²) in [7, 11) is 0. The van der Waals surface area contributed by atoms with Crippen LogP contribution in [-0.4, -0.2) is 12.5 Å². The molecule has 0 saturated heterocycles. The van der Waals surface area contributed by atoms with E-state index in [2.05, 4.69) is 22.7 Å². The summed E-state index contributed by atoms with van der Waals surface area (Å²) in [4.78, 5) is 12.7. The second-order valence-electron chi connectivity index (χ2n) is 4.29. The maximum Gasteiger partial charge on any atom is 0.387 e. The van der Waals surface area contributed by atoms with Crippen LogP contribution in [-0.2, 0) is 11.2 Å². The third-order valence-corrected chi connectivity index (χ3v) is 2.96. The van der Waals surface area contributed by atoms with Gasteiger partial charge in [0.2, 0.25) is 5.91 Å². The topological polar surface area (TPSA) is 38.3 Å². The van der Waals surface area contributed by atoms with Crippen LogP contribution in [0.15, 0.2) is 53.4 Å². The van der Waals surface area contributed by atoms with Crippen molar-refractivity contribution < 1.29 is 18.3 Å². The Kier molecular flexibility index (Phi) is 5.16. The average molecular weight is 309 g/mol. The Hall–Kier alpha value is -2.08. The highest BCUT2D eigenvalue weighted by atomic mass is 32.1. The van der Waals surface area contributed by atoms with Crippen LogP contribution in [0.2, 0.25) is 0 Å². The molecule has 0 aliphatic carbocycles. The van der Waals surface area contributed by atoms with Gasteiger partial charge >= 0.3 is 6.61 Å². The van der Waals surface area contributed by atoms with E-state index < -0.39 is 6.61 Å². The molecule has 21 heavy (non-hydrogen) atoms. The van der Waals surface area contributed by atoms with Crippen LogP contribution in [0.1, 0.15) is 5.56 Å². The van der Waals surface area contributed by atoms with Crippen molar-refractivity contribution in [2.24, 2.45) is 0 Å². The number of carbonyl (C=O) groups is 1. The number of ether oxygens (including phenoxy) is 1. The Labute approximate surface area is 126 Å². The van der Waals surface area contributed by atoms with Crippen LogP contribution in [0.4, 0.5) is 14.5 Å². The summed E-state index contributed by atoms with van der Waals surface area (Å²) in [5.41, 5.74) is 1.38. The number of amides is 1.